The summed E-state index contributed by atoms with van der Waals surface area (Å²) in [4.78, 5) is 0. The number of aliphatic hydroxyl groups excluding tert-OH is 2. The fourth-order valence-corrected chi connectivity index (χ4v) is 2.22. The predicted molar refractivity (Wildman–Crippen MR) is 52.0 cm³/mol. The first-order valence-electron chi connectivity index (χ1n) is 4.24. The van der Waals surface area contributed by atoms with Gasteiger partial charge in [-0.05, 0) is 13.8 Å². The summed E-state index contributed by atoms with van der Waals surface area (Å²) in [5.41, 5.74) is -0.203. The number of aliphatic hydroxyl groups is 2. The molecule has 0 aromatic rings. The maximum Gasteiger partial charge on any atom is 0.111 e. The second-order valence-corrected chi connectivity index (χ2v) is 4.61. The summed E-state index contributed by atoms with van der Waals surface area (Å²) >= 11 is 1.27. The van der Waals surface area contributed by atoms with Gasteiger partial charge in [-0.25, -0.2) is 0 Å². The Hall–Kier alpha value is -0.100. The molecule has 0 aliphatic carbocycles. The van der Waals surface area contributed by atoms with Gasteiger partial charge in [0.2, 0.25) is 0 Å². The number of nitrogens with one attached hydrogen (secondary N) is 1. The molecule has 1 aliphatic heterocycles. The lowest BCUT2D eigenvalue weighted by molar-refractivity contribution is -0.137. The van der Waals surface area contributed by atoms with Crippen molar-refractivity contribution in [1.29, 1.82) is 5.41 Å². The molecule has 4 atom stereocenters. The highest BCUT2D eigenvalue weighted by molar-refractivity contribution is 8.14. The molecule has 0 radical (unpaired) electrons. The molecule has 1 aliphatic rings. The molecule has 1 heterocycles. The number of hydrogen-bond donors (Lipinski definition) is 3. The summed E-state index contributed by atoms with van der Waals surface area (Å²) in [6.07, 6.45) is -1.52. The highest BCUT2D eigenvalue weighted by atomic mass is 32.2. The van der Waals surface area contributed by atoms with Crippen LogP contribution in [0.2, 0.25) is 0 Å². The fraction of sp³-hybridized carbons (Fsp3) is 0.875. The molecule has 1 rings (SSSR count). The molecule has 0 aromatic carbocycles. The highest BCUT2D eigenvalue weighted by Crippen LogP contribution is 2.27. The Bertz CT molecular complexity index is 188. The Labute approximate surface area is 81.8 Å². The minimum Gasteiger partial charge on any atom is -0.390 e. The molecule has 2 unspecified atom stereocenters. The maximum atomic E-state index is 9.42. The molecular weight excluding hydrogens is 190 g/mol. The van der Waals surface area contributed by atoms with Crippen molar-refractivity contribution in [1.82, 2.24) is 0 Å². The Morgan fingerprint density at radius 2 is 2.15 bits per heavy atom. The van der Waals surface area contributed by atoms with Crippen LogP contribution in [-0.2, 0) is 4.74 Å². The third kappa shape index (κ3) is 2.95. The predicted octanol–water partition coefficient (Wildman–Crippen LogP) is 0.573. The van der Waals surface area contributed by atoms with Gasteiger partial charge in [0.25, 0.3) is 0 Å². The first-order valence-corrected chi connectivity index (χ1v) is 5.12. The quantitative estimate of drug-likeness (QED) is 0.432. The summed E-state index contributed by atoms with van der Waals surface area (Å²) in [7, 11) is 0. The van der Waals surface area contributed by atoms with Gasteiger partial charge in [-0.2, -0.15) is 0 Å². The second kappa shape index (κ2) is 4.41. The summed E-state index contributed by atoms with van der Waals surface area (Å²) in [6, 6.07) is 0. The summed E-state index contributed by atoms with van der Waals surface area (Å²) in [5, 5.41) is 26.5. The molecule has 76 valence electrons. The molecule has 13 heavy (non-hydrogen) atoms. The van der Waals surface area contributed by atoms with Crippen molar-refractivity contribution in [2.24, 2.45) is 0 Å². The highest BCUT2D eigenvalue weighted by Gasteiger charge is 2.34. The van der Waals surface area contributed by atoms with Crippen LogP contribution in [0, 0.1) is 5.41 Å². The van der Waals surface area contributed by atoms with Gasteiger partial charge in [-0.3, -0.25) is 5.41 Å². The van der Waals surface area contributed by atoms with E-state index in [-0.39, 0.29) is 11.5 Å². The van der Waals surface area contributed by atoms with Crippen LogP contribution < -0.4 is 0 Å². The van der Waals surface area contributed by atoms with E-state index >= 15 is 0 Å². The third-order valence-corrected chi connectivity index (χ3v) is 2.90. The largest absolute Gasteiger partial charge is 0.390 e. The lowest BCUT2D eigenvalue weighted by Gasteiger charge is -2.34. The van der Waals surface area contributed by atoms with Crippen molar-refractivity contribution >= 4 is 16.8 Å². The normalized spacial score (nSPS) is 40.3. The van der Waals surface area contributed by atoms with Crippen LogP contribution in [0.1, 0.15) is 20.3 Å². The Morgan fingerprint density at radius 3 is 2.62 bits per heavy atom. The van der Waals surface area contributed by atoms with E-state index in [2.05, 4.69) is 0 Å². The molecule has 3 N–H and O–H groups in total. The number of hydrogen-bond acceptors (Lipinski definition) is 5. The lowest BCUT2D eigenvalue weighted by atomic mass is 10.0. The minimum absolute atomic E-state index is 0.203. The van der Waals surface area contributed by atoms with Crippen LogP contribution in [0.25, 0.3) is 0 Å². The maximum absolute atomic E-state index is 9.42. The van der Waals surface area contributed by atoms with E-state index in [9.17, 15) is 10.2 Å². The van der Waals surface area contributed by atoms with E-state index in [0.717, 1.165) is 0 Å². The average molecular weight is 205 g/mol. The van der Waals surface area contributed by atoms with Crippen LogP contribution >= 0.6 is 11.8 Å². The molecule has 0 bridgehead atoms. The van der Waals surface area contributed by atoms with Gasteiger partial charge >= 0.3 is 0 Å². The first-order chi connectivity index (χ1) is 6.00. The van der Waals surface area contributed by atoms with E-state index < -0.39 is 12.2 Å². The van der Waals surface area contributed by atoms with Gasteiger partial charge < -0.3 is 14.9 Å². The molecule has 0 spiro atoms. The zero-order chi connectivity index (χ0) is 10.0. The van der Waals surface area contributed by atoms with Crippen molar-refractivity contribution in [2.75, 3.05) is 0 Å². The Morgan fingerprint density at radius 1 is 1.54 bits per heavy atom. The standard InChI is InChI=1S/C8H15NO3S/c1-4-8(11)6(10)3-7(12-4)13-5(2)9/h4,6-11H,3H2,1-2H3/t4?,6?,7-,8-/m1/s1. The van der Waals surface area contributed by atoms with Gasteiger partial charge in [-0.15, -0.1) is 0 Å². The van der Waals surface area contributed by atoms with Crippen molar-refractivity contribution in [3.8, 4) is 0 Å². The third-order valence-electron chi connectivity index (χ3n) is 1.98. The number of rotatable bonds is 1. The van der Waals surface area contributed by atoms with Crippen molar-refractivity contribution in [3.63, 3.8) is 0 Å². The average Bonchev–Trinajstić information content (AvgIpc) is 1.98. The SMILES string of the molecule is CC(=N)S[C@@H]1CC(O)[C@H](O)C(C)O1. The zero-order valence-corrected chi connectivity index (χ0v) is 8.54. The fourth-order valence-electron chi connectivity index (χ4n) is 1.30. The molecule has 0 amide bonds. The Balaban J connectivity index is 2.48. The van der Waals surface area contributed by atoms with E-state index in [1.807, 2.05) is 0 Å². The number of thioether (sulfide) groups is 1. The second-order valence-electron chi connectivity index (χ2n) is 3.24. The summed E-state index contributed by atoms with van der Waals surface area (Å²) in [6.45, 7) is 3.40. The lowest BCUT2D eigenvalue weighted by Crippen LogP contribution is -2.45. The molecule has 0 aromatic heterocycles. The number of ether oxygens (including phenoxy) is 1. The van der Waals surface area contributed by atoms with Crippen LogP contribution in [-0.4, -0.2) is 39.0 Å². The summed E-state index contributed by atoms with van der Waals surface area (Å²) < 4.78 is 5.39. The van der Waals surface area contributed by atoms with Gasteiger partial charge in [-0.1, -0.05) is 11.8 Å². The van der Waals surface area contributed by atoms with Gasteiger partial charge in [0.15, 0.2) is 0 Å². The monoisotopic (exact) mass is 205 g/mol. The van der Waals surface area contributed by atoms with Gasteiger partial charge in [0.1, 0.15) is 11.5 Å². The van der Waals surface area contributed by atoms with Crippen molar-refractivity contribution < 1.29 is 14.9 Å². The smallest absolute Gasteiger partial charge is 0.111 e. The van der Waals surface area contributed by atoms with Crippen LogP contribution in [0.4, 0.5) is 0 Å². The van der Waals surface area contributed by atoms with E-state index in [1.54, 1.807) is 13.8 Å². The van der Waals surface area contributed by atoms with Crippen LogP contribution in [0.15, 0.2) is 0 Å². The van der Waals surface area contributed by atoms with Crippen LogP contribution in [0.5, 0.6) is 0 Å². The topological polar surface area (TPSA) is 73.5 Å². The Kier molecular flexibility index (Phi) is 3.73. The summed E-state index contributed by atoms with van der Waals surface area (Å²) in [5.74, 6) is 0. The first kappa shape index (κ1) is 11.0. The molecule has 1 fully saturated rings. The van der Waals surface area contributed by atoms with Crippen LogP contribution in [0.3, 0.4) is 0 Å². The van der Waals surface area contributed by atoms with Gasteiger partial charge in [0.05, 0.1) is 17.3 Å². The molecule has 4 nitrogen and oxygen atoms in total. The van der Waals surface area contributed by atoms with E-state index in [4.69, 9.17) is 10.1 Å². The minimum atomic E-state index is -0.803. The van der Waals surface area contributed by atoms with E-state index in [1.165, 1.54) is 11.8 Å². The molecule has 5 heteroatoms. The van der Waals surface area contributed by atoms with E-state index in [0.29, 0.717) is 11.5 Å². The van der Waals surface area contributed by atoms with Gasteiger partial charge in [0, 0.05) is 6.42 Å². The molecular formula is C8H15NO3S. The van der Waals surface area contributed by atoms with Crippen molar-refractivity contribution in [3.05, 3.63) is 0 Å². The zero-order valence-electron chi connectivity index (χ0n) is 7.73. The molecule has 0 saturated carbocycles. The van der Waals surface area contributed by atoms with Crippen molar-refractivity contribution in [2.45, 2.75) is 44.0 Å². The molecule has 1 saturated heterocycles.